The van der Waals surface area contributed by atoms with Gasteiger partial charge in [-0.15, -0.1) is 11.3 Å². The monoisotopic (exact) mass is 334 g/mol. The van der Waals surface area contributed by atoms with E-state index in [1.54, 1.807) is 11.6 Å². The number of ether oxygens (including phenoxy) is 2. The Morgan fingerprint density at radius 3 is 2.83 bits per heavy atom. The molecule has 0 aliphatic carbocycles. The summed E-state index contributed by atoms with van der Waals surface area (Å²) in [6.07, 6.45) is 1.70. The van der Waals surface area contributed by atoms with Crippen molar-refractivity contribution >= 4 is 28.5 Å². The summed E-state index contributed by atoms with van der Waals surface area (Å²) in [5.74, 6) is 2.41. The van der Waals surface area contributed by atoms with Crippen LogP contribution < -0.4 is 20.6 Å². The summed E-state index contributed by atoms with van der Waals surface area (Å²) in [5, 5.41) is 6.56. The van der Waals surface area contributed by atoms with Crippen LogP contribution in [0, 0.1) is 5.92 Å². The molecule has 7 heteroatoms. The van der Waals surface area contributed by atoms with Gasteiger partial charge in [0, 0.05) is 5.38 Å². The highest BCUT2D eigenvalue weighted by molar-refractivity contribution is 7.14. The molecule has 3 N–H and O–H groups in total. The summed E-state index contributed by atoms with van der Waals surface area (Å²) in [6, 6.07) is 5.73. The molecule has 1 heterocycles. The highest BCUT2D eigenvalue weighted by Gasteiger charge is 2.07. The average Bonchev–Trinajstić information content (AvgIpc) is 2.92. The van der Waals surface area contributed by atoms with Gasteiger partial charge in [-0.05, 0) is 36.6 Å². The first-order valence-corrected chi connectivity index (χ1v) is 8.36. The van der Waals surface area contributed by atoms with Crippen molar-refractivity contribution in [3.8, 4) is 11.5 Å². The number of hydrazone groups is 1. The fraction of sp³-hybridized carbons (Fsp3) is 0.375. The molecule has 0 bridgehead atoms. The summed E-state index contributed by atoms with van der Waals surface area (Å²) in [4.78, 5) is 4.07. The van der Waals surface area contributed by atoms with E-state index < -0.39 is 0 Å². The van der Waals surface area contributed by atoms with Crippen LogP contribution in [0.3, 0.4) is 0 Å². The van der Waals surface area contributed by atoms with E-state index in [0.29, 0.717) is 30.1 Å². The molecule has 0 saturated heterocycles. The Bertz CT molecular complexity index is 655. The Labute approximate surface area is 140 Å². The number of anilines is 2. The molecule has 0 fully saturated rings. The zero-order valence-corrected chi connectivity index (χ0v) is 14.4. The number of benzene rings is 1. The van der Waals surface area contributed by atoms with Crippen molar-refractivity contribution in [3.05, 3.63) is 29.1 Å². The third-order valence-corrected chi connectivity index (χ3v) is 3.50. The van der Waals surface area contributed by atoms with Gasteiger partial charge in [0.15, 0.2) is 11.5 Å². The standard InChI is InChI=1S/C16H22N4O2S/c1-4-21-14-7-12(5-6-13(14)22-9-11(2)3)8-18-20-16-19-15(17)10-23-16/h5-8,10-11H,4,9,17H2,1-3H3,(H,19,20). The molecular formula is C16H22N4O2S. The summed E-state index contributed by atoms with van der Waals surface area (Å²) >= 11 is 1.40. The van der Waals surface area contributed by atoms with E-state index in [2.05, 4.69) is 29.4 Å². The maximum atomic E-state index is 5.78. The molecule has 23 heavy (non-hydrogen) atoms. The maximum Gasteiger partial charge on any atom is 0.205 e. The van der Waals surface area contributed by atoms with Crippen molar-refractivity contribution in [1.82, 2.24) is 4.98 Å². The van der Waals surface area contributed by atoms with Crippen molar-refractivity contribution in [3.63, 3.8) is 0 Å². The van der Waals surface area contributed by atoms with Gasteiger partial charge in [0.2, 0.25) is 5.13 Å². The Balaban J connectivity index is 2.05. The van der Waals surface area contributed by atoms with Crippen LogP contribution in [0.25, 0.3) is 0 Å². The van der Waals surface area contributed by atoms with Crippen LogP contribution in [-0.2, 0) is 0 Å². The lowest BCUT2D eigenvalue weighted by Crippen LogP contribution is -2.06. The third-order valence-electron chi connectivity index (χ3n) is 2.74. The van der Waals surface area contributed by atoms with Gasteiger partial charge in [-0.2, -0.15) is 5.10 Å². The molecule has 0 aliphatic rings. The van der Waals surface area contributed by atoms with E-state index in [4.69, 9.17) is 15.2 Å². The molecule has 0 atom stereocenters. The van der Waals surface area contributed by atoms with Gasteiger partial charge in [-0.3, -0.25) is 5.43 Å². The predicted molar refractivity (Wildman–Crippen MR) is 95.7 cm³/mol. The minimum Gasteiger partial charge on any atom is -0.490 e. The molecule has 0 unspecified atom stereocenters. The van der Waals surface area contributed by atoms with E-state index >= 15 is 0 Å². The van der Waals surface area contributed by atoms with Crippen LogP contribution in [0.5, 0.6) is 11.5 Å². The van der Waals surface area contributed by atoms with Gasteiger partial charge in [0.25, 0.3) is 0 Å². The van der Waals surface area contributed by atoms with Gasteiger partial charge in [-0.25, -0.2) is 4.98 Å². The minimum atomic E-state index is 0.459. The van der Waals surface area contributed by atoms with E-state index in [1.165, 1.54) is 11.3 Å². The van der Waals surface area contributed by atoms with Crippen molar-refractivity contribution in [2.45, 2.75) is 20.8 Å². The van der Waals surface area contributed by atoms with Gasteiger partial charge >= 0.3 is 0 Å². The second-order valence-corrected chi connectivity index (χ2v) is 6.15. The van der Waals surface area contributed by atoms with E-state index in [-0.39, 0.29) is 0 Å². The molecule has 124 valence electrons. The lowest BCUT2D eigenvalue weighted by molar-refractivity contribution is 0.248. The predicted octanol–water partition coefficient (Wildman–Crippen LogP) is 3.60. The number of nitrogens with one attached hydrogen (secondary N) is 1. The van der Waals surface area contributed by atoms with Gasteiger partial charge in [0.05, 0.1) is 19.4 Å². The van der Waals surface area contributed by atoms with Crippen LogP contribution in [0.4, 0.5) is 10.9 Å². The van der Waals surface area contributed by atoms with Crippen LogP contribution in [0.15, 0.2) is 28.7 Å². The molecule has 2 rings (SSSR count). The highest BCUT2D eigenvalue weighted by atomic mass is 32.1. The lowest BCUT2D eigenvalue weighted by Gasteiger charge is -2.13. The Kier molecular flexibility index (Phi) is 6.22. The van der Waals surface area contributed by atoms with Crippen molar-refractivity contribution in [1.29, 1.82) is 0 Å². The van der Waals surface area contributed by atoms with Crippen LogP contribution in [0.1, 0.15) is 26.3 Å². The molecule has 6 nitrogen and oxygen atoms in total. The Morgan fingerprint density at radius 2 is 2.17 bits per heavy atom. The fourth-order valence-corrected chi connectivity index (χ4v) is 2.30. The van der Waals surface area contributed by atoms with Gasteiger partial charge in [0.1, 0.15) is 5.82 Å². The number of aromatic nitrogens is 1. The second-order valence-electron chi connectivity index (χ2n) is 5.29. The Morgan fingerprint density at radius 1 is 1.35 bits per heavy atom. The summed E-state index contributed by atoms with van der Waals surface area (Å²) in [5.41, 5.74) is 9.31. The number of hydrogen-bond acceptors (Lipinski definition) is 7. The topological polar surface area (TPSA) is 81.8 Å². The van der Waals surface area contributed by atoms with Crippen molar-refractivity contribution in [2.75, 3.05) is 24.4 Å². The molecular weight excluding hydrogens is 312 g/mol. The molecule has 1 aromatic heterocycles. The summed E-state index contributed by atoms with van der Waals surface area (Å²) in [6.45, 7) is 7.40. The highest BCUT2D eigenvalue weighted by Crippen LogP contribution is 2.28. The minimum absolute atomic E-state index is 0.459. The smallest absolute Gasteiger partial charge is 0.205 e. The van der Waals surface area contributed by atoms with Crippen LogP contribution in [0.2, 0.25) is 0 Å². The SMILES string of the molecule is CCOc1cc(C=NNc2nc(N)cs2)ccc1OCC(C)C. The molecule has 0 spiro atoms. The Hall–Kier alpha value is -2.28. The first kappa shape index (κ1) is 17.1. The third kappa shape index (κ3) is 5.45. The first-order valence-electron chi connectivity index (χ1n) is 7.48. The molecule has 1 aromatic carbocycles. The van der Waals surface area contributed by atoms with Gasteiger partial charge < -0.3 is 15.2 Å². The largest absolute Gasteiger partial charge is 0.490 e. The quantitative estimate of drug-likeness (QED) is 0.569. The van der Waals surface area contributed by atoms with Gasteiger partial charge in [-0.1, -0.05) is 13.8 Å². The average molecular weight is 334 g/mol. The van der Waals surface area contributed by atoms with E-state index in [1.807, 2.05) is 25.1 Å². The molecule has 0 radical (unpaired) electrons. The van der Waals surface area contributed by atoms with Crippen molar-refractivity contribution in [2.24, 2.45) is 11.0 Å². The van der Waals surface area contributed by atoms with Crippen LogP contribution >= 0.6 is 11.3 Å². The van der Waals surface area contributed by atoms with E-state index in [0.717, 1.165) is 17.1 Å². The van der Waals surface area contributed by atoms with Crippen LogP contribution in [-0.4, -0.2) is 24.4 Å². The number of thiazole rings is 1. The fourth-order valence-electron chi connectivity index (χ4n) is 1.75. The first-order chi connectivity index (χ1) is 11.1. The zero-order chi connectivity index (χ0) is 16.7. The second kappa shape index (κ2) is 8.38. The number of nitrogens with zero attached hydrogens (tertiary/aromatic N) is 2. The molecule has 0 saturated carbocycles. The van der Waals surface area contributed by atoms with Crippen molar-refractivity contribution < 1.29 is 9.47 Å². The summed E-state index contributed by atoms with van der Waals surface area (Å²) < 4.78 is 11.4. The maximum absolute atomic E-state index is 5.78. The molecule has 0 aliphatic heterocycles. The lowest BCUT2D eigenvalue weighted by atomic mass is 10.2. The van der Waals surface area contributed by atoms with E-state index in [9.17, 15) is 0 Å². The number of hydrogen-bond donors (Lipinski definition) is 2. The zero-order valence-electron chi connectivity index (χ0n) is 13.6. The normalized spacial score (nSPS) is 11.1. The number of nitrogen functional groups attached to an aromatic ring is 1. The molecule has 0 amide bonds. The molecule has 2 aromatic rings. The number of rotatable bonds is 8. The number of nitrogens with two attached hydrogens (primary N) is 1. The summed E-state index contributed by atoms with van der Waals surface area (Å²) in [7, 11) is 0.